The van der Waals surface area contributed by atoms with Crippen LogP contribution in [0.5, 0.6) is 5.75 Å². The minimum absolute atomic E-state index is 0. The van der Waals surface area contributed by atoms with Gasteiger partial charge >= 0.3 is 0 Å². The van der Waals surface area contributed by atoms with Crippen molar-refractivity contribution in [3.05, 3.63) is 65.2 Å². The summed E-state index contributed by atoms with van der Waals surface area (Å²) in [4.78, 5) is 4.84. The van der Waals surface area contributed by atoms with Crippen molar-refractivity contribution in [3.8, 4) is 5.75 Å². The van der Waals surface area contributed by atoms with E-state index in [2.05, 4.69) is 47.0 Å². The van der Waals surface area contributed by atoms with Gasteiger partial charge in [0.1, 0.15) is 5.75 Å². The fourth-order valence-electron chi connectivity index (χ4n) is 4.29. The second-order valence-corrected chi connectivity index (χ2v) is 7.75. The van der Waals surface area contributed by atoms with E-state index in [0.29, 0.717) is 24.4 Å². The standard InChI is InChI=1S/C24H31N3O2.HI/c1-3-29-14-6-13-25-24(26-16-17-9-11-19(28-2)12-10-17)27-23-21-15-18-7-4-5-8-20(18)22(21)23;/h4-5,7-12,21-23H,3,6,13-16H2,1-2H3,(H2,25,26,27);1H. The minimum Gasteiger partial charge on any atom is -0.497 e. The molecule has 0 aliphatic heterocycles. The van der Waals surface area contributed by atoms with Crippen LogP contribution in [0.2, 0.25) is 0 Å². The molecule has 2 N–H and O–H groups in total. The Morgan fingerprint density at radius 3 is 2.70 bits per heavy atom. The molecular weight excluding hydrogens is 489 g/mol. The van der Waals surface area contributed by atoms with E-state index >= 15 is 0 Å². The van der Waals surface area contributed by atoms with E-state index in [1.165, 1.54) is 23.1 Å². The highest BCUT2D eigenvalue weighted by atomic mass is 127. The van der Waals surface area contributed by atoms with Crippen molar-refractivity contribution in [2.45, 2.75) is 38.3 Å². The molecule has 2 aromatic rings. The van der Waals surface area contributed by atoms with Crippen LogP contribution in [0.25, 0.3) is 0 Å². The zero-order valence-corrected chi connectivity index (χ0v) is 20.1. The Bertz CT molecular complexity index is 841. The lowest BCUT2D eigenvalue weighted by molar-refractivity contribution is 0.145. The number of rotatable bonds is 9. The Morgan fingerprint density at radius 2 is 1.93 bits per heavy atom. The SMILES string of the molecule is CCOCCCNC(=NCc1ccc(OC)cc1)NC1C2Cc3ccccc3C21.I. The molecule has 162 valence electrons. The number of halogens is 1. The Hall–Kier alpha value is -1.80. The summed E-state index contributed by atoms with van der Waals surface area (Å²) in [6, 6.07) is 17.4. The van der Waals surface area contributed by atoms with Crippen LogP contribution in [0.3, 0.4) is 0 Å². The van der Waals surface area contributed by atoms with Gasteiger partial charge in [-0.3, -0.25) is 0 Å². The largest absolute Gasteiger partial charge is 0.497 e. The maximum atomic E-state index is 5.45. The molecule has 0 bridgehead atoms. The van der Waals surface area contributed by atoms with Crippen LogP contribution >= 0.6 is 24.0 Å². The number of ether oxygens (including phenoxy) is 2. The van der Waals surface area contributed by atoms with E-state index in [1.54, 1.807) is 7.11 Å². The molecule has 30 heavy (non-hydrogen) atoms. The predicted octanol–water partition coefficient (Wildman–Crippen LogP) is 4.11. The van der Waals surface area contributed by atoms with Crippen LogP contribution < -0.4 is 15.4 Å². The average Bonchev–Trinajstić information content (AvgIpc) is 3.27. The first-order chi connectivity index (χ1) is 14.3. The zero-order valence-electron chi connectivity index (χ0n) is 17.8. The second-order valence-electron chi connectivity index (χ2n) is 7.75. The average molecular weight is 521 g/mol. The smallest absolute Gasteiger partial charge is 0.191 e. The summed E-state index contributed by atoms with van der Waals surface area (Å²) in [5.74, 6) is 3.09. The van der Waals surface area contributed by atoms with Gasteiger partial charge in [-0.05, 0) is 54.5 Å². The molecule has 0 heterocycles. The Balaban J connectivity index is 0.00000256. The molecular formula is C24H32IN3O2. The number of nitrogens with one attached hydrogen (secondary N) is 2. The van der Waals surface area contributed by atoms with E-state index in [1.807, 2.05) is 19.1 Å². The van der Waals surface area contributed by atoms with Crippen LogP contribution in [-0.4, -0.2) is 38.9 Å². The number of hydrogen-bond donors (Lipinski definition) is 2. The summed E-state index contributed by atoms with van der Waals surface area (Å²) in [5, 5.41) is 7.18. The molecule has 1 fully saturated rings. The molecule has 2 aliphatic rings. The molecule has 0 saturated heterocycles. The summed E-state index contributed by atoms with van der Waals surface area (Å²) in [6.45, 7) is 5.07. The number of guanidine groups is 1. The van der Waals surface area contributed by atoms with Crippen molar-refractivity contribution >= 4 is 29.9 Å². The molecule has 6 heteroatoms. The van der Waals surface area contributed by atoms with Crippen molar-refractivity contribution in [2.75, 3.05) is 26.9 Å². The second kappa shape index (κ2) is 11.0. The van der Waals surface area contributed by atoms with E-state index in [0.717, 1.165) is 37.9 Å². The number of fused-ring (bicyclic) bond motifs is 3. The number of benzene rings is 2. The molecule has 5 nitrogen and oxygen atoms in total. The van der Waals surface area contributed by atoms with Crippen LogP contribution in [-0.2, 0) is 17.7 Å². The van der Waals surface area contributed by atoms with Gasteiger partial charge in [-0.25, -0.2) is 4.99 Å². The van der Waals surface area contributed by atoms with Crippen LogP contribution in [0.4, 0.5) is 0 Å². The zero-order chi connectivity index (χ0) is 20.1. The van der Waals surface area contributed by atoms with Gasteiger partial charge in [0.25, 0.3) is 0 Å². The Labute approximate surface area is 196 Å². The summed E-state index contributed by atoms with van der Waals surface area (Å²) in [5.41, 5.74) is 4.20. The number of nitrogens with zero attached hydrogens (tertiary/aromatic N) is 1. The third-order valence-corrected chi connectivity index (χ3v) is 5.88. The number of hydrogen-bond acceptors (Lipinski definition) is 3. The lowest BCUT2D eigenvalue weighted by Gasteiger charge is -2.15. The normalized spacial score (nSPS) is 21.3. The fourth-order valence-corrected chi connectivity index (χ4v) is 4.29. The quantitative estimate of drug-likeness (QED) is 0.226. The van der Waals surface area contributed by atoms with Gasteiger partial charge in [-0.1, -0.05) is 36.4 Å². The van der Waals surface area contributed by atoms with Gasteiger partial charge < -0.3 is 20.1 Å². The third kappa shape index (κ3) is 5.46. The molecule has 2 aromatic carbocycles. The molecule has 0 spiro atoms. The first-order valence-electron chi connectivity index (χ1n) is 10.6. The van der Waals surface area contributed by atoms with Crippen LogP contribution in [0.1, 0.15) is 36.0 Å². The third-order valence-electron chi connectivity index (χ3n) is 5.88. The minimum atomic E-state index is 0. The van der Waals surface area contributed by atoms with Crippen LogP contribution in [0.15, 0.2) is 53.5 Å². The van der Waals surface area contributed by atoms with Crippen molar-refractivity contribution in [3.63, 3.8) is 0 Å². The molecule has 0 amide bonds. The highest BCUT2D eigenvalue weighted by molar-refractivity contribution is 14.0. The maximum absolute atomic E-state index is 5.45. The first-order valence-corrected chi connectivity index (χ1v) is 10.6. The predicted molar refractivity (Wildman–Crippen MR) is 132 cm³/mol. The van der Waals surface area contributed by atoms with Crippen LogP contribution in [0, 0.1) is 5.92 Å². The molecule has 3 unspecified atom stereocenters. The van der Waals surface area contributed by atoms with Crippen molar-refractivity contribution in [1.29, 1.82) is 0 Å². The summed E-state index contributed by atoms with van der Waals surface area (Å²) in [6.07, 6.45) is 2.14. The monoisotopic (exact) mass is 521 g/mol. The highest BCUT2D eigenvalue weighted by Crippen LogP contribution is 2.56. The maximum Gasteiger partial charge on any atom is 0.191 e. The van der Waals surface area contributed by atoms with E-state index in [-0.39, 0.29) is 24.0 Å². The summed E-state index contributed by atoms with van der Waals surface area (Å²) >= 11 is 0. The lowest BCUT2D eigenvalue weighted by atomic mass is 10.1. The summed E-state index contributed by atoms with van der Waals surface area (Å²) in [7, 11) is 1.69. The van der Waals surface area contributed by atoms with E-state index in [9.17, 15) is 0 Å². The molecule has 0 aromatic heterocycles. The highest BCUT2D eigenvalue weighted by Gasteiger charge is 2.55. The molecule has 1 saturated carbocycles. The Kier molecular flexibility index (Phi) is 8.39. The van der Waals surface area contributed by atoms with Gasteiger partial charge in [0.05, 0.1) is 13.7 Å². The van der Waals surface area contributed by atoms with Crippen molar-refractivity contribution in [1.82, 2.24) is 10.6 Å². The van der Waals surface area contributed by atoms with Gasteiger partial charge in [-0.2, -0.15) is 0 Å². The fraction of sp³-hybridized carbons (Fsp3) is 0.458. The first kappa shape index (κ1) is 22.9. The Morgan fingerprint density at radius 1 is 1.13 bits per heavy atom. The number of aliphatic imine (C=N–C) groups is 1. The van der Waals surface area contributed by atoms with Gasteiger partial charge in [0, 0.05) is 31.7 Å². The van der Waals surface area contributed by atoms with Gasteiger partial charge in [0.2, 0.25) is 0 Å². The summed E-state index contributed by atoms with van der Waals surface area (Å²) < 4.78 is 10.7. The lowest BCUT2D eigenvalue weighted by Crippen LogP contribution is -2.40. The molecule has 4 rings (SSSR count). The van der Waals surface area contributed by atoms with Crippen molar-refractivity contribution < 1.29 is 9.47 Å². The topological polar surface area (TPSA) is 54.9 Å². The van der Waals surface area contributed by atoms with Gasteiger partial charge in [0.15, 0.2) is 5.96 Å². The molecule has 2 aliphatic carbocycles. The van der Waals surface area contributed by atoms with Crippen molar-refractivity contribution in [2.24, 2.45) is 10.9 Å². The van der Waals surface area contributed by atoms with Gasteiger partial charge in [-0.15, -0.1) is 24.0 Å². The van der Waals surface area contributed by atoms with E-state index < -0.39 is 0 Å². The molecule has 0 radical (unpaired) electrons. The van der Waals surface area contributed by atoms with E-state index in [4.69, 9.17) is 14.5 Å². The number of methoxy groups -OCH3 is 1. The molecule has 3 atom stereocenters.